The fraction of sp³-hybridized carbons (Fsp3) is 0.857. The number of nitrogens with one attached hydrogen (secondary N) is 1. The molecule has 1 amide bonds. The minimum Gasteiger partial charge on any atom is -0.481 e. The third-order valence-electron chi connectivity index (χ3n) is 2.61. The third kappa shape index (κ3) is 7.70. The van der Waals surface area contributed by atoms with E-state index in [2.05, 4.69) is 5.32 Å². The van der Waals surface area contributed by atoms with Crippen molar-refractivity contribution in [1.82, 2.24) is 5.32 Å². The van der Waals surface area contributed by atoms with Crippen LogP contribution >= 0.6 is 0 Å². The van der Waals surface area contributed by atoms with Crippen LogP contribution in [0, 0.1) is 10.8 Å². The highest BCUT2D eigenvalue weighted by Gasteiger charge is 2.35. The van der Waals surface area contributed by atoms with Crippen molar-refractivity contribution in [2.24, 2.45) is 10.8 Å². The van der Waals surface area contributed by atoms with Crippen molar-refractivity contribution >= 4 is 12.1 Å². The predicted molar refractivity (Wildman–Crippen MR) is 74.1 cm³/mol. The van der Waals surface area contributed by atoms with Gasteiger partial charge >= 0.3 is 12.1 Å². The van der Waals surface area contributed by atoms with E-state index in [1.807, 2.05) is 13.8 Å². The number of alkyl carbamates (subject to hydrolysis) is 1. The summed E-state index contributed by atoms with van der Waals surface area (Å²) in [6.45, 7) is 13.0. The lowest BCUT2D eigenvalue weighted by atomic mass is 9.75. The van der Waals surface area contributed by atoms with E-state index in [1.54, 1.807) is 34.6 Å². The minimum absolute atomic E-state index is 0.321. The number of hydrogen-bond acceptors (Lipinski definition) is 3. The van der Waals surface area contributed by atoms with Crippen LogP contribution in [0.3, 0.4) is 0 Å². The van der Waals surface area contributed by atoms with Gasteiger partial charge < -0.3 is 15.2 Å². The van der Waals surface area contributed by atoms with E-state index in [9.17, 15) is 9.59 Å². The Morgan fingerprint density at radius 1 is 1.05 bits per heavy atom. The monoisotopic (exact) mass is 273 g/mol. The number of carboxylic acids is 1. The molecule has 112 valence electrons. The maximum absolute atomic E-state index is 11.6. The average molecular weight is 273 g/mol. The van der Waals surface area contributed by atoms with Crippen molar-refractivity contribution in [3.8, 4) is 0 Å². The molecule has 0 aliphatic heterocycles. The second-order valence-electron chi connectivity index (χ2n) is 7.39. The molecule has 0 radical (unpaired) electrons. The van der Waals surface area contributed by atoms with Crippen LogP contribution < -0.4 is 5.32 Å². The standard InChI is InChI=1S/C14H27NO4/c1-12(2,3)19-11(18)15-9-13(4,5)8-14(6,7)10(16)17/h8-9H2,1-7H3,(H,15,18)(H,16,17). The zero-order valence-electron chi connectivity index (χ0n) is 13.1. The van der Waals surface area contributed by atoms with Crippen LogP contribution in [0.25, 0.3) is 0 Å². The Kier molecular flexibility index (Phi) is 5.42. The fourth-order valence-electron chi connectivity index (χ4n) is 1.96. The van der Waals surface area contributed by atoms with Crippen LogP contribution in [0.15, 0.2) is 0 Å². The molecule has 0 rings (SSSR count). The number of hydrogen-bond donors (Lipinski definition) is 2. The molecule has 0 atom stereocenters. The fourth-order valence-corrected chi connectivity index (χ4v) is 1.96. The first-order valence-electron chi connectivity index (χ1n) is 6.45. The second kappa shape index (κ2) is 5.80. The normalized spacial score (nSPS) is 13.0. The summed E-state index contributed by atoms with van der Waals surface area (Å²) in [4.78, 5) is 22.7. The zero-order valence-corrected chi connectivity index (χ0v) is 13.1. The number of rotatable bonds is 5. The van der Waals surface area contributed by atoms with Gasteiger partial charge in [0.15, 0.2) is 0 Å². The predicted octanol–water partition coefficient (Wildman–Crippen LogP) is 3.04. The van der Waals surface area contributed by atoms with Crippen molar-refractivity contribution in [3.63, 3.8) is 0 Å². The summed E-state index contributed by atoms with van der Waals surface area (Å²) >= 11 is 0. The Morgan fingerprint density at radius 3 is 1.89 bits per heavy atom. The van der Waals surface area contributed by atoms with Gasteiger partial charge in [-0.3, -0.25) is 4.79 Å². The lowest BCUT2D eigenvalue weighted by Gasteiger charge is -2.32. The van der Waals surface area contributed by atoms with E-state index in [0.29, 0.717) is 13.0 Å². The van der Waals surface area contributed by atoms with Gasteiger partial charge in [-0.05, 0) is 46.5 Å². The molecule has 5 nitrogen and oxygen atoms in total. The number of carbonyl (C=O) groups is 2. The number of carbonyl (C=O) groups excluding carboxylic acids is 1. The molecule has 0 heterocycles. The maximum Gasteiger partial charge on any atom is 0.407 e. The van der Waals surface area contributed by atoms with Gasteiger partial charge in [0, 0.05) is 6.54 Å². The van der Waals surface area contributed by atoms with Crippen LogP contribution in [0.2, 0.25) is 0 Å². The largest absolute Gasteiger partial charge is 0.481 e. The quantitative estimate of drug-likeness (QED) is 0.807. The lowest BCUT2D eigenvalue weighted by Crippen LogP contribution is -2.40. The molecule has 0 aromatic heterocycles. The summed E-state index contributed by atoms with van der Waals surface area (Å²) in [6, 6.07) is 0. The van der Waals surface area contributed by atoms with Gasteiger partial charge in [-0.1, -0.05) is 13.8 Å². The molecule has 0 spiro atoms. The molecule has 0 aromatic carbocycles. The maximum atomic E-state index is 11.6. The van der Waals surface area contributed by atoms with E-state index in [-0.39, 0.29) is 5.41 Å². The first-order valence-corrected chi connectivity index (χ1v) is 6.45. The van der Waals surface area contributed by atoms with Gasteiger partial charge in [-0.15, -0.1) is 0 Å². The molecular weight excluding hydrogens is 246 g/mol. The van der Waals surface area contributed by atoms with E-state index in [0.717, 1.165) is 0 Å². The number of ether oxygens (including phenoxy) is 1. The van der Waals surface area contributed by atoms with Crippen LogP contribution in [-0.2, 0) is 9.53 Å². The van der Waals surface area contributed by atoms with Crippen LogP contribution in [0.5, 0.6) is 0 Å². The molecule has 0 aliphatic carbocycles. The third-order valence-corrected chi connectivity index (χ3v) is 2.61. The Bertz CT molecular complexity index is 340. The van der Waals surface area contributed by atoms with Gasteiger partial charge in [0.1, 0.15) is 5.60 Å². The van der Waals surface area contributed by atoms with Gasteiger partial charge in [0.2, 0.25) is 0 Å². The number of amides is 1. The molecular formula is C14H27NO4. The van der Waals surface area contributed by atoms with Crippen LogP contribution in [0.4, 0.5) is 4.79 Å². The Morgan fingerprint density at radius 2 is 1.53 bits per heavy atom. The van der Waals surface area contributed by atoms with E-state index >= 15 is 0 Å². The summed E-state index contributed by atoms with van der Waals surface area (Å²) in [5.74, 6) is -0.835. The van der Waals surface area contributed by atoms with Crippen molar-refractivity contribution < 1.29 is 19.4 Å². The van der Waals surface area contributed by atoms with Crippen molar-refractivity contribution in [1.29, 1.82) is 0 Å². The Balaban J connectivity index is 4.40. The molecule has 0 fully saturated rings. The van der Waals surface area contributed by atoms with Crippen molar-refractivity contribution in [3.05, 3.63) is 0 Å². The van der Waals surface area contributed by atoms with Crippen molar-refractivity contribution in [2.75, 3.05) is 6.54 Å². The molecule has 0 saturated heterocycles. The Labute approximate surface area is 115 Å². The van der Waals surface area contributed by atoms with E-state index in [1.165, 1.54) is 0 Å². The highest BCUT2D eigenvalue weighted by atomic mass is 16.6. The smallest absolute Gasteiger partial charge is 0.407 e. The minimum atomic E-state index is -0.835. The zero-order chi connectivity index (χ0) is 15.5. The number of carboxylic acid groups (broad SMARTS) is 1. The van der Waals surface area contributed by atoms with Gasteiger partial charge in [0.05, 0.1) is 5.41 Å². The average Bonchev–Trinajstić information content (AvgIpc) is 2.10. The summed E-state index contributed by atoms with van der Waals surface area (Å²) < 4.78 is 5.14. The Hall–Kier alpha value is -1.26. The number of aliphatic carboxylic acids is 1. The van der Waals surface area contributed by atoms with E-state index < -0.39 is 23.1 Å². The van der Waals surface area contributed by atoms with Crippen molar-refractivity contribution in [2.45, 2.75) is 60.5 Å². The summed E-state index contributed by atoms with van der Waals surface area (Å²) in [7, 11) is 0. The second-order valence-corrected chi connectivity index (χ2v) is 7.39. The molecule has 0 aliphatic rings. The molecule has 19 heavy (non-hydrogen) atoms. The molecule has 0 unspecified atom stereocenters. The molecule has 0 aromatic rings. The molecule has 5 heteroatoms. The first kappa shape index (κ1) is 17.7. The summed E-state index contributed by atoms with van der Waals surface area (Å²) in [5.41, 5.74) is -1.67. The van der Waals surface area contributed by atoms with Gasteiger partial charge in [0.25, 0.3) is 0 Å². The van der Waals surface area contributed by atoms with Gasteiger partial charge in [-0.25, -0.2) is 4.79 Å². The highest BCUT2D eigenvalue weighted by Crippen LogP contribution is 2.33. The summed E-state index contributed by atoms with van der Waals surface area (Å²) in [5, 5.41) is 11.8. The molecule has 0 bridgehead atoms. The van der Waals surface area contributed by atoms with E-state index in [4.69, 9.17) is 9.84 Å². The highest BCUT2D eigenvalue weighted by molar-refractivity contribution is 5.73. The summed E-state index contributed by atoms with van der Waals surface area (Å²) in [6.07, 6.45) is -0.0146. The van der Waals surface area contributed by atoms with Gasteiger partial charge in [-0.2, -0.15) is 0 Å². The first-order chi connectivity index (χ1) is 8.25. The SMILES string of the molecule is CC(C)(CNC(=O)OC(C)(C)C)CC(C)(C)C(=O)O. The van der Waals surface area contributed by atoms with Crippen LogP contribution in [-0.4, -0.2) is 29.3 Å². The lowest BCUT2D eigenvalue weighted by molar-refractivity contribution is -0.148. The molecule has 0 saturated carbocycles. The van der Waals surface area contributed by atoms with Crippen LogP contribution in [0.1, 0.15) is 54.9 Å². The topological polar surface area (TPSA) is 75.6 Å². The molecule has 2 N–H and O–H groups in total.